The zero-order valence-corrected chi connectivity index (χ0v) is 20.0. The van der Waals surface area contributed by atoms with Crippen LogP contribution in [-0.4, -0.2) is 32.2 Å². The number of nitrogens with one attached hydrogen (secondary N) is 1. The molecule has 0 spiro atoms. The van der Waals surface area contributed by atoms with Crippen molar-refractivity contribution in [3.8, 4) is 11.5 Å². The molecular formula is C21H27Cl2NO5S. The van der Waals surface area contributed by atoms with Crippen LogP contribution in [0.1, 0.15) is 43.1 Å². The molecule has 0 aromatic heterocycles. The highest BCUT2D eigenvalue weighted by molar-refractivity contribution is 7.92. The minimum absolute atomic E-state index is 0.0474. The molecule has 9 heteroatoms. The van der Waals surface area contributed by atoms with Crippen LogP contribution >= 0.6 is 23.2 Å². The lowest BCUT2D eigenvalue weighted by Crippen LogP contribution is -2.09. The van der Waals surface area contributed by atoms with Crippen molar-refractivity contribution in [2.75, 3.05) is 17.6 Å². The van der Waals surface area contributed by atoms with Gasteiger partial charge in [0.2, 0.25) is 10.0 Å². The van der Waals surface area contributed by atoms with E-state index >= 15 is 0 Å². The number of halogens is 2. The first kappa shape index (κ1) is 26.1. The largest absolute Gasteiger partial charge is 0.505 e. The number of carbonyl (C=O) groups is 1. The van der Waals surface area contributed by atoms with Crippen molar-refractivity contribution in [2.24, 2.45) is 5.92 Å². The number of hydrogen-bond acceptors (Lipinski definition) is 5. The van der Waals surface area contributed by atoms with E-state index in [4.69, 9.17) is 27.9 Å². The number of ether oxygens (including phenoxy) is 1. The van der Waals surface area contributed by atoms with Gasteiger partial charge in [0.25, 0.3) is 0 Å². The second-order valence-corrected chi connectivity index (χ2v) is 9.57. The molecule has 0 saturated carbocycles. The number of aryl methyl sites for hydroxylation is 1. The molecule has 0 saturated heterocycles. The molecule has 166 valence electrons. The number of aromatic hydroxyl groups is 1. The number of carbonyl (C=O) groups excluding carboxylic acids is 1. The first-order chi connectivity index (χ1) is 13.9. The van der Waals surface area contributed by atoms with Crippen LogP contribution in [0.25, 0.3) is 0 Å². The predicted octanol–water partition coefficient (Wildman–Crippen LogP) is 5.69. The monoisotopic (exact) mass is 475 g/mol. The number of Topliss-reactive ketones (excluding diaryl/α,β-unsaturated/α-hetero) is 1. The van der Waals surface area contributed by atoms with E-state index < -0.39 is 10.0 Å². The van der Waals surface area contributed by atoms with E-state index in [-0.39, 0.29) is 27.5 Å². The quantitative estimate of drug-likeness (QED) is 0.501. The number of rotatable bonds is 7. The average Bonchev–Trinajstić information content (AvgIpc) is 2.64. The van der Waals surface area contributed by atoms with E-state index in [0.717, 1.165) is 24.0 Å². The number of phenols is 1. The van der Waals surface area contributed by atoms with Gasteiger partial charge >= 0.3 is 0 Å². The van der Waals surface area contributed by atoms with Crippen LogP contribution in [-0.2, 0) is 10.0 Å². The maximum absolute atomic E-state index is 11.6. The van der Waals surface area contributed by atoms with Gasteiger partial charge in [-0.1, -0.05) is 50.0 Å². The van der Waals surface area contributed by atoms with E-state index in [1.165, 1.54) is 12.1 Å². The third-order valence-electron chi connectivity index (χ3n) is 3.78. The number of benzene rings is 2. The maximum Gasteiger partial charge on any atom is 0.229 e. The Kier molecular flexibility index (Phi) is 9.94. The Labute approximate surface area is 188 Å². The van der Waals surface area contributed by atoms with Gasteiger partial charge < -0.3 is 9.84 Å². The molecule has 0 aliphatic carbocycles. The lowest BCUT2D eigenvalue weighted by molar-refractivity contribution is 0.0939. The third-order valence-corrected chi connectivity index (χ3v) is 4.96. The summed E-state index contributed by atoms with van der Waals surface area (Å²) < 4.78 is 30.0. The van der Waals surface area contributed by atoms with Gasteiger partial charge in [0, 0.05) is 17.5 Å². The summed E-state index contributed by atoms with van der Waals surface area (Å²) in [6, 6.07) is 8.09. The highest BCUT2D eigenvalue weighted by atomic mass is 35.5. The van der Waals surface area contributed by atoms with Gasteiger partial charge in [-0.15, -0.1) is 0 Å². The fraction of sp³-hybridized carbons (Fsp3) is 0.381. The topological polar surface area (TPSA) is 92.7 Å². The smallest absolute Gasteiger partial charge is 0.229 e. The molecule has 6 nitrogen and oxygen atoms in total. The van der Waals surface area contributed by atoms with Gasteiger partial charge in [0.1, 0.15) is 5.75 Å². The summed E-state index contributed by atoms with van der Waals surface area (Å²) in [4.78, 5) is 11.6. The van der Waals surface area contributed by atoms with Gasteiger partial charge in [-0.25, -0.2) is 8.42 Å². The van der Waals surface area contributed by atoms with Gasteiger partial charge in [-0.05, 0) is 37.1 Å². The summed E-state index contributed by atoms with van der Waals surface area (Å²) in [5.74, 6) is 0.365. The van der Waals surface area contributed by atoms with Crippen molar-refractivity contribution in [1.29, 1.82) is 0 Å². The van der Waals surface area contributed by atoms with E-state index in [1.54, 1.807) is 26.0 Å². The van der Waals surface area contributed by atoms with Crippen LogP contribution in [0.4, 0.5) is 5.69 Å². The first-order valence-corrected chi connectivity index (χ1v) is 11.9. The maximum atomic E-state index is 11.6. The summed E-state index contributed by atoms with van der Waals surface area (Å²) >= 11 is 11.4. The van der Waals surface area contributed by atoms with Gasteiger partial charge in [0.05, 0.1) is 28.6 Å². The van der Waals surface area contributed by atoms with E-state index in [1.807, 2.05) is 19.9 Å². The van der Waals surface area contributed by atoms with Gasteiger partial charge in [-0.2, -0.15) is 0 Å². The molecule has 2 aromatic rings. The van der Waals surface area contributed by atoms with Crippen molar-refractivity contribution in [2.45, 2.75) is 34.1 Å². The van der Waals surface area contributed by atoms with Crippen molar-refractivity contribution in [3.05, 3.63) is 51.5 Å². The Morgan fingerprint density at radius 2 is 1.73 bits per heavy atom. The van der Waals surface area contributed by atoms with Crippen LogP contribution in [0.2, 0.25) is 10.0 Å². The lowest BCUT2D eigenvalue weighted by Gasteiger charge is -2.10. The summed E-state index contributed by atoms with van der Waals surface area (Å²) in [7, 11) is -3.23. The molecular weight excluding hydrogens is 449 g/mol. The van der Waals surface area contributed by atoms with Crippen LogP contribution in [0.5, 0.6) is 11.5 Å². The standard InChI is InChI=1S/C11H17NO3S.C10H10Cl2O2/c1-4-7-15-11-8-10(6-5-9(11)2)12-16(3,13)14;1-5(2)9(13)6-3-7(11)10(14)8(12)4-6/h5-6,8,12H,4,7H2,1-3H3;3-5,14H,1-2H3. The molecule has 2 N–H and O–H groups in total. The van der Waals surface area contributed by atoms with E-state index in [0.29, 0.717) is 17.9 Å². The molecule has 0 bridgehead atoms. The molecule has 0 heterocycles. The Hall–Kier alpha value is -1.96. The van der Waals surface area contributed by atoms with Crippen molar-refractivity contribution >= 4 is 44.7 Å². The SMILES string of the molecule is CC(C)C(=O)c1cc(Cl)c(O)c(Cl)c1.CCCOc1cc(NS(C)(=O)=O)ccc1C. The fourth-order valence-electron chi connectivity index (χ4n) is 2.29. The normalized spacial score (nSPS) is 10.9. The predicted molar refractivity (Wildman–Crippen MR) is 123 cm³/mol. The second-order valence-electron chi connectivity index (χ2n) is 7.01. The molecule has 0 aliphatic heterocycles. The molecule has 0 amide bonds. The lowest BCUT2D eigenvalue weighted by atomic mass is 10.0. The fourth-order valence-corrected chi connectivity index (χ4v) is 3.33. The van der Waals surface area contributed by atoms with Crippen molar-refractivity contribution < 1.29 is 23.1 Å². The van der Waals surface area contributed by atoms with E-state index in [2.05, 4.69) is 4.72 Å². The highest BCUT2D eigenvalue weighted by Gasteiger charge is 2.14. The highest BCUT2D eigenvalue weighted by Crippen LogP contribution is 2.33. The second kappa shape index (κ2) is 11.4. The first-order valence-electron chi connectivity index (χ1n) is 9.29. The number of ketones is 1. The minimum atomic E-state index is -3.23. The van der Waals surface area contributed by atoms with Crippen LogP contribution in [0.3, 0.4) is 0 Å². The minimum Gasteiger partial charge on any atom is -0.505 e. The Bertz CT molecular complexity index is 968. The van der Waals surface area contributed by atoms with Crippen molar-refractivity contribution in [3.63, 3.8) is 0 Å². The van der Waals surface area contributed by atoms with E-state index in [9.17, 15) is 18.3 Å². The third kappa shape index (κ3) is 8.42. The number of anilines is 1. The molecule has 0 radical (unpaired) electrons. The summed E-state index contributed by atoms with van der Waals surface area (Å²) in [6.07, 6.45) is 2.04. The van der Waals surface area contributed by atoms with Crippen molar-refractivity contribution in [1.82, 2.24) is 0 Å². The number of sulfonamides is 1. The molecule has 2 aromatic carbocycles. The van der Waals surface area contributed by atoms with Gasteiger partial charge in [0.15, 0.2) is 11.5 Å². The number of phenolic OH excluding ortho intramolecular Hbond substituents is 1. The molecule has 30 heavy (non-hydrogen) atoms. The average molecular weight is 476 g/mol. The summed E-state index contributed by atoms with van der Waals surface area (Å²) in [6.45, 7) is 8.15. The van der Waals surface area contributed by atoms with Crippen LogP contribution < -0.4 is 9.46 Å². The van der Waals surface area contributed by atoms with Crippen LogP contribution in [0.15, 0.2) is 30.3 Å². The molecule has 0 fully saturated rings. The number of hydrogen-bond donors (Lipinski definition) is 2. The Morgan fingerprint density at radius 1 is 1.17 bits per heavy atom. The molecule has 2 rings (SSSR count). The summed E-state index contributed by atoms with van der Waals surface area (Å²) in [5.41, 5.74) is 1.94. The molecule has 0 atom stereocenters. The summed E-state index contributed by atoms with van der Waals surface area (Å²) in [5, 5.41) is 9.47. The molecule has 0 aliphatic rings. The zero-order valence-electron chi connectivity index (χ0n) is 17.6. The zero-order chi connectivity index (χ0) is 23.1. The Balaban J connectivity index is 0.000000303. The Morgan fingerprint density at radius 3 is 2.20 bits per heavy atom. The van der Waals surface area contributed by atoms with Gasteiger partial charge in [-0.3, -0.25) is 9.52 Å². The molecule has 0 unspecified atom stereocenters. The van der Waals surface area contributed by atoms with Crippen LogP contribution in [0, 0.1) is 12.8 Å².